The lowest BCUT2D eigenvalue weighted by Crippen LogP contribution is -2.30. The number of pyridine rings is 1. The highest BCUT2D eigenvalue weighted by molar-refractivity contribution is 7.17. The number of hydrogen-bond acceptors (Lipinski definition) is 1. The average Bonchev–Trinajstić information content (AvgIpc) is 3.45. The van der Waals surface area contributed by atoms with Gasteiger partial charge in [0.1, 0.15) is 7.05 Å². The minimum atomic E-state index is 1.19. The van der Waals surface area contributed by atoms with E-state index >= 15 is 0 Å². The summed E-state index contributed by atoms with van der Waals surface area (Å²) in [4.78, 5) is 0. The maximum Gasteiger partial charge on any atom is 0.220 e. The number of rotatable bonds is 2. The van der Waals surface area contributed by atoms with Crippen LogP contribution in [-0.2, 0) is 7.05 Å². The highest BCUT2D eigenvalue weighted by atomic mass is 32.1. The van der Waals surface area contributed by atoms with Gasteiger partial charge >= 0.3 is 0 Å². The van der Waals surface area contributed by atoms with Gasteiger partial charge in [-0.2, -0.15) is 0 Å². The molecule has 7 rings (SSSR count). The topological polar surface area (TPSA) is 8.81 Å². The van der Waals surface area contributed by atoms with Crippen LogP contribution in [0, 0.1) is 6.92 Å². The van der Waals surface area contributed by atoms with Gasteiger partial charge in [0, 0.05) is 27.2 Å². The van der Waals surface area contributed by atoms with E-state index in [4.69, 9.17) is 0 Å². The van der Waals surface area contributed by atoms with E-state index in [1.54, 1.807) is 11.3 Å². The minimum absolute atomic E-state index is 1.19. The molecule has 3 aromatic heterocycles. The van der Waals surface area contributed by atoms with Gasteiger partial charge < -0.3 is 4.57 Å². The third-order valence-electron chi connectivity index (χ3n) is 7.01. The first-order chi connectivity index (χ1) is 16.7. The van der Waals surface area contributed by atoms with Crippen LogP contribution in [0.1, 0.15) is 5.56 Å². The molecule has 3 heterocycles. The zero-order valence-electron chi connectivity index (χ0n) is 19.1. The van der Waals surface area contributed by atoms with Crippen molar-refractivity contribution in [2.75, 3.05) is 0 Å². The molecule has 7 aromatic rings. The predicted molar refractivity (Wildman–Crippen MR) is 145 cm³/mol. The van der Waals surface area contributed by atoms with E-state index in [0.29, 0.717) is 0 Å². The number of nitrogens with zero attached hydrogens (tertiary/aromatic N) is 2. The summed E-state index contributed by atoms with van der Waals surface area (Å²) in [5.41, 5.74) is 7.54. The molecule has 3 heteroatoms. The molecule has 0 aliphatic carbocycles. The lowest BCUT2D eigenvalue weighted by Gasteiger charge is -2.12. The molecule has 2 nitrogen and oxygen atoms in total. The van der Waals surface area contributed by atoms with Crippen LogP contribution in [0.4, 0.5) is 0 Å². The molecular weight excluding hydrogens is 432 g/mol. The smallest absolute Gasteiger partial charge is 0.220 e. The third-order valence-corrected chi connectivity index (χ3v) is 7.89. The normalized spacial score (nSPS) is 11.8. The molecule has 0 amide bonds. The lowest BCUT2D eigenvalue weighted by molar-refractivity contribution is -0.659. The fourth-order valence-electron chi connectivity index (χ4n) is 5.41. The number of thiophene rings is 1. The first kappa shape index (κ1) is 19.5. The van der Waals surface area contributed by atoms with Crippen LogP contribution in [0.15, 0.2) is 103 Å². The molecular formula is C31H23N2S+. The van der Waals surface area contributed by atoms with E-state index in [9.17, 15) is 0 Å². The summed E-state index contributed by atoms with van der Waals surface area (Å²) in [6, 6.07) is 33.4. The summed E-state index contributed by atoms with van der Waals surface area (Å²) in [7, 11) is 2.15. The van der Waals surface area contributed by atoms with Crippen LogP contribution in [0.5, 0.6) is 0 Å². The summed E-state index contributed by atoms with van der Waals surface area (Å²) in [5, 5.41) is 8.60. The lowest BCUT2D eigenvalue weighted by atomic mass is 9.98. The average molecular weight is 456 g/mol. The van der Waals surface area contributed by atoms with Crippen molar-refractivity contribution in [3.8, 4) is 16.9 Å². The fraction of sp³-hybridized carbons (Fsp3) is 0.0645. The van der Waals surface area contributed by atoms with Crippen LogP contribution in [0.25, 0.3) is 59.6 Å². The summed E-state index contributed by atoms with van der Waals surface area (Å²) >= 11 is 1.81. The molecule has 0 aliphatic rings. The van der Waals surface area contributed by atoms with Crippen molar-refractivity contribution in [1.29, 1.82) is 0 Å². The van der Waals surface area contributed by atoms with Gasteiger partial charge in [0.05, 0.1) is 22.0 Å². The van der Waals surface area contributed by atoms with Gasteiger partial charge in [0.25, 0.3) is 0 Å². The fourth-order valence-corrected chi connectivity index (χ4v) is 6.22. The maximum absolute atomic E-state index is 2.39. The Morgan fingerprint density at radius 3 is 2.21 bits per heavy atom. The largest absolute Gasteiger partial charge is 0.309 e. The first-order valence-electron chi connectivity index (χ1n) is 11.6. The summed E-state index contributed by atoms with van der Waals surface area (Å²) in [6.45, 7) is 2.22. The second-order valence-corrected chi connectivity index (χ2v) is 9.99. The van der Waals surface area contributed by atoms with Crippen LogP contribution in [0.2, 0.25) is 0 Å². The Kier molecular flexibility index (Phi) is 4.18. The molecule has 4 aromatic carbocycles. The molecule has 0 unspecified atom stereocenters. The number of para-hydroxylation sites is 2. The van der Waals surface area contributed by atoms with Crippen LogP contribution >= 0.6 is 11.3 Å². The minimum Gasteiger partial charge on any atom is -0.309 e. The van der Waals surface area contributed by atoms with Crippen molar-refractivity contribution in [1.82, 2.24) is 4.57 Å². The molecule has 0 saturated heterocycles. The zero-order chi connectivity index (χ0) is 22.8. The Balaban J connectivity index is 1.50. The first-order valence-corrected chi connectivity index (χ1v) is 12.5. The van der Waals surface area contributed by atoms with E-state index in [2.05, 4.69) is 126 Å². The van der Waals surface area contributed by atoms with Gasteiger partial charge in [-0.15, -0.1) is 11.3 Å². The zero-order valence-corrected chi connectivity index (χ0v) is 19.9. The highest BCUT2D eigenvalue weighted by Crippen LogP contribution is 2.36. The number of hydrogen-bond donors (Lipinski definition) is 0. The van der Waals surface area contributed by atoms with Gasteiger partial charge in [-0.1, -0.05) is 36.4 Å². The van der Waals surface area contributed by atoms with Gasteiger partial charge in [-0.25, -0.2) is 4.57 Å². The van der Waals surface area contributed by atoms with Crippen molar-refractivity contribution in [3.05, 3.63) is 108 Å². The number of aryl methyl sites for hydroxylation is 2. The van der Waals surface area contributed by atoms with E-state index in [1.165, 1.54) is 65.2 Å². The maximum atomic E-state index is 2.39. The van der Waals surface area contributed by atoms with Crippen molar-refractivity contribution in [2.45, 2.75) is 6.92 Å². The van der Waals surface area contributed by atoms with E-state index < -0.39 is 0 Å². The quantitative estimate of drug-likeness (QED) is 0.234. The Hall–Kier alpha value is -3.95. The van der Waals surface area contributed by atoms with Gasteiger partial charge in [-0.3, -0.25) is 0 Å². The predicted octanol–water partition coefficient (Wildman–Crippen LogP) is 7.95. The molecule has 0 atom stereocenters. The standard InChI is InChI=1S/C31H23N2S/c1-20-17-22-14-16-34-30(22)19-27(20)31-24-12-11-23(18-21(24)13-15-32(31)2)33-28-9-5-3-7-25(28)26-8-4-6-10-29(26)33/h3-19H,1-2H3/q+1. The monoisotopic (exact) mass is 455 g/mol. The SMILES string of the molecule is Cc1cc2ccsc2cc1-c1c2ccc(-n3c4ccccc4c4ccccc43)cc2cc[n+]1C. The van der Waals surface area contributed by atoms with Crippen molar-refractivity contribution >= 4 is 54.0 Å². The number of benzene rings is 4. The second kappa shape index (κ2) is 7.28. The van der Waals surface area contributed by atoms with Gasteiger partial charge in [0.15, 0.2) is 6.20 Å². The molecule has 0 bridgehead atoms. The Bertz CT molecular complexity index is 1830. The number of fused-ring (bicyclic) bond motifs is 5. The van der Waals surface area contributed by atoms with Crippen LogP contribution in [-0.4, -0.2) is 4.57 Å². The third kappa shape index (κ3) is 2.77. The molecule has 0 spiro atoms. The molecule has 0 aliphatic heterocycles. The molecule has 162 valence electrons. The molecule has 0 radical (unpaired) electrons. The molecule has 0 saturated carbocycles. The van der Waals surface area contributed by atoms with E-state index in [-0.39, 0.29) is 0 Å². The van der Waals surface area contributed by atoms with E-state index in [1.807, 2.05) is 0 Å². The summed E-state index contributed by atoms with van der Waals surface area (Å²) in [5.74, 6) is 0. The van der Waals surface area contributed by atoms with E-state index in [0.717, 1.165) is 0 Å². The van der Waals surface area contributed by atoms with Crippen molar-refractivity contribution in [3.63, 3.8) is 0 Å². The van der Waals surface area contributed by atoms with Crippen molar-refractivity contribution < 1.29 is 4.57 Å². The van der Waals surface area contributed by atoms with Gasteiger partial charge in [-0.05, 0) is 77.2 Å². The molecule has 34 heavy (non-hydrogen) atoms. The van der Waals surface area contributed by atoms with Crippen LogP contribution in [0.3, 0.4) is 0 Å². The van der Waals surface area contributed by atoms with Gasteiger partial charge in [0.2, 0.25) is 5.69 Å². The molecule has 0 fully saturated rings. The number of aromatic nitrogens is 2. The summed E-state index contributed by atoms with van der Waals surface area (Å²) in [6.07, 6.45) is 2.19. The van der Waals surface area contributed by atoms with Crippen molar-refractivity contribution in [2.24, 2.45) is 7.05 Å². The Labute approximate surface area is 201 Å². The Morgan fingerprint density at radius 1 is 0.706 bits per heavy atom. The van der Waals surface area contributed by atoms with Crippen LogP contribution < -0.4 is 4.57 Å². The highest BCUT2D eigenvalue weighted by Gasteiger charge is 2.19. The second-order valence-electron chi connectivity index (χ2n) is 9.04. The Morgan fingerprint density at radius 2 is 1.44 bits per heavy atom. The molecule has 0 N–H and O–H groups in total. The summed E-state index contributed by atoms with van der Waals surface area (Å²) < 4.78 is 5.98.